The van der Waals surface area contributed by atoms with Gasteiger partial charge in [-0.3, -0.25) is 9.48 Å². The highest BCUT2D eigenvalue weighted by atomic mass is 32.2. The van der Waals surface area contributed by atoms with Gasteiger partial charge in [-0.25, -0.2) is 17.5 Å². The molecule has 190 valence electrons. The van der Waals surface area contributed by atoms with Crippen LogP contribution in [0.2, 0.25) is 0 Å². The molecular weight excluding hydrogens is 511 g/mol. The minimum absolute atomic E-state index is 0.0369. The molecule has 0 aliphatic rings. The Morgan fingerprint density at radius 2 is 1.71 bits per heavy atom. The first-order valence-electron chi connectivity index (χ1n) is 9.69. The lowest BCUT2D eigenvalue weighted by Crippen LogP contribution is -2.37. The lowest BCUT2D eigenvalue weighted by Gasteiger charge is -2.16. The number of benzene rings is 2. The highest BCUT2D eigenvalue weighted by Crippen LogP contribution is 2.35. The zero-order valence-electron chi connectivity index (χ0n) is 17.7. The van der Waals surface area contributed by atoms with Crippen molar-refractivity contribution in [1.82, 2.24) is 14.5 Å². The SMILES string of the molecule is COc1cccc2c(=O)c(-c3cccc(C(F)(F)F)c3F)nn(CCCNS(=O)(=O)C(F)(F)F)c12. The van der Waals surface area contributed by atoms with E-state index in [0.29, 0.717) is 6.07 Å². The van der Waals surface area contributed by atoms with Crippen LogP contribution < -0.4 is 14.9 Å². The Morgan fingerprint density at radius 3 is 2.31 bits per heavy atom. The largest absolute Gasteiger partial charge is 0.511 e. The van der Waals surface area contributed by atoms with E-state index in [9.17, 15) is 43.9 Å². The third-order valence-corrected chi connectivity index (χ3v) is 6.05. The van der Waals surface area contributed by atoms with Crippen LogP contribution in [0.1, 0.15) is 12.0 Å². The molecule has 0 unspecified atom stereocenters. The molecule has 0 fully saturated rings. The summed E-state index contributed by atoms with van der Waals surface area (Å²) in [5.41, 5.74) is -9.42. The Kier molecular flexibility index (Phi) is 7.13. The molecule has 0 radical (unpaired) electrons. The molecule has 0 spiro atoms. The number of ether oxygens (including phenoxy) is 1. The van der Waals surface area contributed by atoms with E-state index in [1.165, 1.54) is 30.0 Å². The lowest BCUT2D eigenvalue weighted by molar-refractivity contribution is -0.139. The Morgan fingerprint density at radius 1 is 1.06 bits per heavy atom. The number of rotatable bonds is 7. The quantitative estimate of drug-likeness (QED) is 0.370. The predicted octanol–water partition coefficient (Wildman–Crippen LogP) is 4.06. The van der Waals surface area contributed by atoms with E-state index in [1.54, 1.807) is 0 Å². The van der Waals surface area contributed by atoms with Gasteiger partial charge >= 0.3 is 21.7 Å². The summed E-state index contributed by atoms with van der Waals surface area (Å²) in [5, 5.41) is 3.85. The Bertz CT molecular complexity index is 1420. The minimum Gasteiger partial charge on any atom is -0.494 e. The van der Waals surface area contributed by atoms with Crippen LogP contribution in [0.5, 0.6) is 5.75 Å². The molecule has 35 heavy (non-hydrogen) atoms. The smallest absolute Gasteiger partial charge is 0.494 e. The fourth-order valence-corrected chi connectivity index (χ4v) is 3.85. The number of aryl methyl sites for hydroxylation is 1. The third-order valence-electron chi connectivity index (χ3n) is 4.86. The number of nitrogens with one attached hydrogen (secondary N) is 1. The van der Waals surface area contributed by atoms with Crippen LogP contribution in [0, 0.1) is 5.82 Å². The van der Waals surface area contributed by atoms with Gasteiger partial charge in [-0.2, -0.15) is 31.4 Å². The fraction of sp³-hybridized carbons (Fsp3) is 0.300. The standard InChI is InChI=1S/C20H16F7N3O4S/c1-34-14-8-3-6-12-17(14)30(10-4-9-28-35(32,33)20(25,26)27)29-16(18(12)31)11-5-2-7-13(15(11)21)19(22,23)24/h2-3,5-8,28H,4,9-10H2,1H3. The molecule has 3 rings (SSSR count). The Labute approximate surface area is 193 Å². The van der Waals surface area contributed by atoms with E-state index >= 15 is 0 Å². The summed E-state index contributed by atoms with van der Waals surface area (Å²) in [6.07, 6.45) is -5.32. The summed E-state index contributed by atoms with van der Waals surface area (Å²) >= 11 is 0. The van der Waals surface area contributed by atoms with Crippen molar-refractivity contribution in [2.75, 3.05) is 13.7 Å². The van der Waals surface area contributed by atoms with Gasteiger partial charge in [0.05, 0.1) is 18.1 Å². The number of fused-ring (bicyclic) bond motifs is 1. The zero-order chi connectivity index (χ0) is 26.2. The summed E-state index contributed by atoms with van der Waals surface area (Å²) in [5.74, 6) is -1.63. The number of halogens is 7. The van der Waals surface area contributed by atoms with Gasteiger partial charge in [-0.15, -0.1) is 0 Å². The van der Waals surface area contributed by atoms with Crippen molar-refractivity contribution in [3.63, 3.8) is 0 Å². The van der Waals surface area contributed by atoms with E-state index in [0.717, 1.165) is 16.8 Å². The first-order chi connectivity index (χ1) is 16.2. The van der Waals surface area contributed by atoms with Gasteiger partial charge < -0.3 is 4.74 Å². The van der Waals surface area contributed by atoms with Crippen molar-refractivity contribution in [1.29, 1.82) is 0 Å². The first-order valence-corrected chi connectivity index (χ1v) is 11.2. The predicted molar refractivity (Wildman–Crippen MR) is 111 cm³/mol. The molecule has 1 heterocycles. The van der Waals surface area contributed by atoms with Gasteiger partial charge in [-0.1, -0.05) is 12.1 Å². The Balaban J connectivity index is 2.11. The van der Waals surface area contributed by atoms with Gasteiger partial charge in [0, 0.05) is 18.7 Å². The third kappa shape index (κ3) is 5.24. The van der Waals surface area contributed by atoms with Crippen molar-refractivity contribution >= 4 is 20.9 Å². The molecule has 0 saturated carbocycles. The van der Waals surface area contributed by atoms with Crippen LogP contribution >= 0.6 is 0 Å². The van der Waals surface area contributed by atoms with Gasteiger partial charge in [0.25, 0.3) is 0 Å². The fourth-order valence-electron chi connectivity index (χ4n) is 3.27. The van der Waals surface area contributed by atoms with E-state index in [1.807, 2.05) is 0 Å². The monoisotopic (exact) mass is 527 g/mol. The number of hydrogen-bond acceptors (Lipinski definition) is 5. The van der Waals surface area contributed by atoms with Crippen LogP contribution in [0.25, 0.3) is 22.2 Å². The number of aromatic nitrogens is 2. The van der Waals surface area contributed by atoms with Crippen LogP contribution in [-0.2, 0) is 22.7 Å². The number of nitrogens with zero attached hydrogens (tertiary/aromatic N) is 2. The van der Waals surface area contributed by atoms with Crippen LogP contribution in [-0.4, -0.2) is 37.4 Å². The molecule has 0 bridgehead atoms. The van der Waals surface area contributed by atoms with Gasteiger partial charge in [0.1, 0.15) is 22.8 Å². The second-order valence-corrected chi connectivity index (χ2v) is 8.88. The lowest BCUT2D eigenvalue weighted by atomic mass is 10.0. The number of alkyl halides is 6. The van der Waals surface area contributed by atoms with Gasteiger partial charge in [0.2, 0.25) is 5.43 Å². The summed E-state index contributed by atoms with van der Waals surface area (Å²) in [7, 11) is -4.35. The van der Waals surface area contributed by atoms with Gasteiger partial charge in [0.15, 0.2) is 0 Å². The molecule has 3 aromatic rings. The Hall–Kier alpha value is -3.20. The topological polar surface area (TPSA) is 90.3 Å². The molecule has 0 atom stereocenters. The molecule has 0 amide bonds. The van der Waals surface area contributed by atoms with Gasteiger partial charge in [-0.05, 0) is 30.7 Å². The highest BCUT2D eigenvalue weighted by molar-refractivity contribution is 7.90. The molecule has 7 nitrogen and oxygen atoms in total. The molecule has 15 heteroatoms. The zero-order valence-corrected chi connectivity index (χ0v) is 18.5. The maximum atomic E-state index is 14.7. The highest BCUT2D eigenvalue weighted by Gasteiger charge is 2.45. The normalized spacial score (nSPS) is 12.8. The molecule has 0 aliphatic heterocycles. The second kappa shape index (κ2) is 9.45. The summed E-state index contributed by atoms with van der Waals surface area (Å²) in [4.78, 5) is 13.0. The van der Waals surface area contributed by atoms with Crippen LogP contribution in [0.3, 0.4) is 0 Å². The van der Waals surface area contributed by atoms with Crippen molar-refractivity contribution in [2.24, 2.45) is 0 Å². The number of hydrogen-bond donors (Lipinski definition) is 1. The molecule has 0 saturated heterocycles. The summed E-state index contributed by atoms with van der Waals surface area (Å²) in [6, 6.07) is 6.44. The van der Waals surface area contributed by atoms with Crippen molar-refractivity contribution < 1.29 is 43.9 Å². The second-order valence-electron chi connectivity index (χ2n) is 7.12. The first kappa shape index (κ1) is 26.4. The minimum atomic E-state index is -5.60. The van der Waals surface area contributed by atoms with Crippen LogP contribution in [0.4, 0.5) is 30.7 Å². The molecule has 1 aromatic heterocycles. The molecule has 1 N–H and O–H groups in total. The average Bonchev–Trinajstić information content (AvgIpc) is 2.76. The van der Waals surface area contributed by atoms with E-state index in [4.69, 9.17) is 4.74 Å². The number of para-hydroxylation sites is 1. The summed E-state index contributed by atoms with van der Waals surface area (Å²) in [6.45, 7) is -0.981. The molecule has 0 aliphatic carbocycles. The summed E-state index contributed by atoms with van der Waals surface area (Å²) < 4.78 is 122. The number of methoxy groups -OCH3 is 1. The molecular formula is C20H16F7N3O4S. The van der Waals surface area contributed by atoms with E-state index in [2.05, 4.69) is 5.10 Å². The van der Waals surface area contributed by atoms with Crippen molar-refractivity contribution in [3.05, 3.63) is 58.0 Å². The maximum absolute atomic E-state index is 14.7. The van der Waals surface area contributed by atoms with Crippen molar-refractivity contribution in [2.45, 2.75) is 24.7 Å². The van der Waals surface area contributed by atoms with E-state index in [-0.39, 0.29) is 29.6 Å². The van der Waals surface area contributed by atoms with Crippen molar-refractivity contribution in [3.8, 4) is 17.0 Å². The average molecular weight is 527 g/mol. The number of sulfonamides is 1. The maximum Gasteiger partial charge on any atom is 0.511 e. The molecule has 2 aromatic carbocycles. The van der Waals surface area contributed by atoms with E-state index < -0.39 is 56.3 Å². The van der Waals surface area contributed by atoms with Crippen LogP contribution in [0.15, 0.2) is 41.2 Å².